The van der Waals surface area contributed by atoms with Crippen LogP contribution in [0.25, 0.3) is 0 Å². The van der Waals surface area contributed by atoms with E-state index in [4.69, 9.17) is 18.5 Å². The fourth-order valence-corrected chi connectivity index (χ4v) is 7.22. The van der Waals surface area contributed by atoms with Crippen LogP contribution in [0.5, 0.6) is 0 Å². The molecule has 0 saturated carbocycles. The van der Waals surface area contributed by atoms with Crippen molar-refractivity contribution in [2.45, 2.75) is 213 Å². The highest BCUT2D eigenvalue weighted by molar-refractivity contribution is 7.45. The average Bonchev–Trinajstić information content (AvgIpc) is 3.17. The lowest BCUT2D eigenvalue weighted by Crippen LogP contribution is -2.37. The second-order valence-electron chi connectivity index (χ2n) is 17.1. The maximum atomic E-state index is 12.7. The SMILES string of the molecule is CC/C=C\C/C=C\C/C=C\CCCCCCCCCC(=O)O[C@H](COC(=O)CCCCCCCCCCCCCCCCCCC)COP(=O)([O-])OCC[N+](C)(C)C. The van der Waals surface area contributed by atoms with Crippen LogP contribution in [-0.2, 0) is 32.7 Å². The Hall–Kier alpha value is -1.77. The number of nitrogens with zero attached hydrogens (tertiary/aromatic N) is 1. The summed E-state index contributed by atoms with van der Waals surface area (Å²) < 4.78 is 34.0. The van der Waals surface area contributed by atoms with Gasteiger partial charge in [0.05, 0.1) is 27.7 Å². The Morgan fingerprint density at radius 3 is 1.47 bits per heavy atom. The van der Waals surface area contributed by atoms with E-state index in [0.717, 1.165) is 64.2 Å². The number of likely N-dealkylation sites (N-methyl/N-ethyl adjacent to an activating group) is 1. The number of esters is 2. The van der Waals surface area contributed by atoms with Crippen molar-refractivity contribution in [1.82, 2.24) is 0 Å². The maximum absolute atomic E-state index is 12.7. The summed E-state index contributed by atoms with van der Waals surface area (Å²) in [4.78, 5) is 37.6. The van der Waals surface area contributed by atoms with Gasteiger partial charge in [-0.05, 0) is 44.9 Å². The summed E-state index contributed by atoms with van der Waals surface area (Å²) >= 11 is 0. The molecule has 1 unspecified atom stereocenters. The Morgan fingerprint density at radius 1 is 0.552 bits per heavy atom. The van der Waals surface area contributed by atoms with Crippen molar-refractivity contribution in [2.75, 3.05) is 47.5 Å². The third-order valence-corrected chi connectivity index (χ3v) is 11.1. The molecule has 0 radical (unpaired) electrons. The molecule has 0 aromatic carbocycles. The first-order chi connectivity index (χ1) is 28.0. The largest absolute Gasteiger partial charge is 0.756 e. The molecular weight excluding hydrogens is 750 g/mol. The van der Waals surface area contributed by atoms with Gasteiger partial charge in [0.25, 0.3) is 7.82 Å². The Labute approximate surface area is 357 Å². The molecule has 0 spiro atoms. The maximum Gasteiger partial charge on any atom is 0.306 e. The number of ether oxygens (including phenoxy) is 2. The fourth-order valence-electron chi connectivity index (χ4n) is 6.49. The van der Waals surface area contributed by atoms with E-state index in [9.17, 15) is 19.0 Å². The van der Waals surface area contributed by atoms with Crippen molar-refractivity contribution in [1.29, 1.82) is 0 Å². The monoisotopic (exact) mass is 840 g/mol. The highest BCUT2D eigenvalue weighted by Gasteiger charge is 2.21. The van der Waals surface area contributed by atoms with Gasteiger partial charge >= 0.3 is 11.9 Å². The van der Waals surface area contributed by atoms with Crippen LogP contribution in [0, 0.1) is 0 Å². The summed E-state index contributed by atoms with van der Waals surface area (Å²) in [6.45, 7) is 4.13. The molecule has 9 nitrogen and oxygen atoms in total. The first-order valence-corrected chi connectivity index (χ1v) is 25.2. The average molecular weight is 840 g/mol. The van der Waals surface area contributed by atoms with Crippen molar-refractivity contribution in [2.24, 2.45) is 0 Å². The number of unbranched alkanes of at least 4 members (excludes halogenated alkanes) is 23. The molecule has 58 heavy (non-hydrogen) atoms. The lowest BCUT2D eigenvalue weighted by Gasteiger charge is -2.28. The van der Waals surface area contributed by atoms with Crippen molar-refractivity contribution < 1.29 is 42.1 Å². The number of carbonyl (C=O) groups excluding carboxylic acids is 2. The van der Waals surface area contributed by atoms with E-state index < -0.39 is 26.5 Å². The Morgan fingerprint density at radius 2 is 0.983 bits per heavy atom. The minimum atomic E-state index is -4.63. The number of hydrogen-bond acceptors (Lipinski definition) is 8. The number of allylic oxidation sites excluding steroid dienone is 6. The summed E-state index contributed by atoms with van der Waals surface area (Å²) in [7, 11) is 1.16. The van der Waals surface area contributed by atoms with Gasteiger partial charge in [-0.25, -0.2) is 0 Å². The van der Waals surface area contributed by atoms with Gasteiger partial charge in [-0.2, -0.15) is 0 Å². The number of phosphoric acid groups is 1. The molecule has 0 rings (SSSR count). The van der Waals surface area contributed by atoms with Crippen molar-refractivity contribution in [3.8, 4) is 0 Å². The van der Waals surface area contributed by atoms with Crippen LogP contribution in [0.15, 0.2) is 36.5 Å². The van der Waals surface area contributed by atoms with Gasteiger partial charge < -0.3 is 27.9 Å². The van der Waals surface area contributed by atoms with Gasteiger partial charge in [0.1, 0.15) is 19.8 Å². The predicted octanol–water partition coefficient (Wildman–Crippen LogP) is 13.1. The van der Waals surface area contributed by atoms with E-state index in [-0.39, 0.29) is 32.0 Å². The second-order valence-corrected chi connectivity index (χ2v) is 18.5. The lowest BCUT2D eigenvalue weighted by molar-refractivity contribution is -0.870. The van der Waals surface area contributed by atoms with Crippen molar-refractivity contribution >= 4 is 19.8 Å². The van der Waals surface area contributed by atoms with Gasteiger partial charge in [-0.3, -0.25) is 14.2 Å². The van der Waals surface area contributed by atoms with E-state index in [1.165, 1.54) is 109 Å². The molecule has 0 heterocycles. The lowest BCUT2D eigenvalue weighted by atomic mass is 10.0. The molecule has 2 atom stereocenters. The number of quaternary nitrogens is 1. The second kappa shape index (κ2) is 40.6. The third kappa shape index (κ3) is 43.8. The molecule has 0 amide bonds. The summed E-state index contributed by atoms with van der Waals surface area (Å²) in [6, 6.07) is 0. The molecule has 0 saturated heterocycles. The Balaban J connectivity index is 4.30. The molecule has 10 heteroatoms. The molecule has 0 fully saturated rings. The van der Waals surface area contributed by atoms with Crippen LogP contribution in [0.2, 0.25) is 0 Å². The summed E-state index contributed by atoms with van der Waals surface area (Å²) in [5.41, 5.74) is 0. The van der Waals surface area contributed by atoms with Crippen LogP contribution >= 0.6 is 7.82 Å². The van der Waals surface area contributed by atoms with E-state index in [1.54, 1.807) is 0 Å². The number of rotatable bonds is 43. The van der Waals surface area contributed by atoms with Crippen molar-refractivity contribution in [3.63, 3.8) is 0 Å². The van der Waals surface area contributed by atoms with Gasteiger partial charge in [-0.1, -0.05) is 185 Å². The topological polar surface area (TPSA) is 111 Å². The van der Waals surface area contributed by atoms with Gasteiger partial charge in [0.2, 0.25) is 0 Å². The molecule has 340 valence electrons. The smallest absolute Gasteiger partial charge is 0.306 e. The van der Waals surface area contributed by atoms with Crippen molar-refractivity contribution in [3.05, 3.63) is 36.5 Å². The van der Waals surface area contributed by atoms with Crippen LogP contribution in [0.1, 0.15) is 206 Å². The normalized spacial score (nSPS) is 13.8. The van der Waals surface area contributed by atoms with E-state index in [1.807, 2.05) is 21.1 Å². The highest BCUT2D eigenvalue weighted by atomic mass is 31.2. The summed E-state index contributed by atoms with van der Waals surface area (Å²) in [5, 5.41) is 0. The zero-order valence-corrected chi connectivity index (χ0v) is 39.1. The fraction of sp³-hybridized carbons (Fsp3) is 0.833. The van der Waals surface area contributed by atoms with Gasteiger partial charge in [-0.15, -0.1) is 0 Å². The standard InChI is InChI=1S/C48H90NO8P/c1-6-8-10-12-14-16-18-20-22-24-26-28-30-32-34-36-38-40-47(50)54-44-46(45-56-58(52,53)55-43-42-49(3,4)5)57-48(51)41-39-37-35-33-31-29-27-25-23-21-19-17-15-13-11-9-7-2/h9,11,15,17,21,23,46H,6-8,10,12-14,16,18-20,22,24-45H2,1-5H3/b11-9-,17-15-,23-21-/t46-/m1/s1. The van der Waals surface area contributed by atoms with Gasteiger partial charge in [0, 0.05) is 12.8 Å². The molecule has 0 bridgehead atoms. The number of hydrogen-bond donors (Lipinski definition) is 0. The third-order valence-electron chi connectivity index (χ3n) is 10.2. The van der Waals surface area contributed by atoms with Gasteiger partial charge in [0.15, 0.2) is 6.10 Å². The molecule has 0 aromatic heterocycles. The van der Waals surface area contributed by atoms with E-state index >= 15 is 0 Å². The Bertz CT molecular complexity index is 1090. The minimum absolute atomic E-state index is 0.0322. The Kier molecular flexibility index (Phi) is 39.4. The van der Waals surface area contributed by atoms with Crippen LogP contribution < -0.4 is 4.89 Å². The molecule has 0 N–H and O–H groups in total. The minimum Gasteiger partial charge on any atom is -0.756 e. The first kappa shape index (κ1) is 56.2. The quantitative estimate of drug-likeness (QED) is 0.0196. The molecule has 0 aliphatic rings. The molecular formula is C48H90NO8P. The van der Waals surface area contributed by atoms with Crippen LogP contribution in [0.3, 0.4) is 0 Å². The molecule has 0 aliphatic heterocycles. The van der Waals surface area contributed by atoms with E-state index in [2.05, 4.69) is 50.3 Å². The molecule has 0 aliphatic carbocycles. The van der Waals surface area contributed by atoms with Crippen LogP contribution in [0.4, 0.5) is 0 Å². The van der Waals surface area contributed by atoms with E-state index in [0.29, 0.717) is 17.4 Å². The molecule has 0 aromatic rings. The first-order valence-electron chi connectivity index (χ1n) is 23.7. The zero-order chi connectivity index (χ0) is 42.8. The predicted molar refractivity (Wildman–Crippen MR) is 241 cm³/mol. The zero-order valence-electron chi connectivity index (χ0n) is 38.2. The number of carbonyl (C=O) groups is 2. The van der Waals surface area contributed by atoms with Crippen LogP contribution in [-0.4, -0.2) is 70.0 Å². The highest BCUT2D eigenvalue weighted by Crippen LogP contribution is 2.38. The summed E-state index contributed by atoms with van der Waals surface area (Å²) in [5.74, 6) is -0.839. The number of phosphoric ester groups is 1. The summed E-state index contributed by atoms with van der Waals surface area (Å²) in [6.07, 6.45) is 45.9.